The number of aromatic amines is 1. The normalized spacial score (nSPS) is 11.9. The highest BCUT2D eigenvalue weighted by Gasteiger charge is 2.26. The van der Waals surface area contributed by atoms with E-state index < -0.39 is 23.7 Å². The third-order valence-corrected chi connectivity index (χ3v) is 3.78. The quantitative estimate of drug-likeness (QED) is 0.673. The van der Waals surface area contributed by atoms with E-state index in [1.807, 2.05) is 0 Å². The molecule has 2 rings (SSSR count). The zero-order valence-corrected chi connectivity index (χ0v) is 13.9. The number of H-pyrrole nitrogens is 1. The van der Waals surface area contributed by atoms with Gasteiger partial charge in [-0.15, -0.1) is 0 Å². The maximum absolute atomic E-state index is 13.6. The zero-order valence-electron chi connectivity index (χ0n) is 13.9. The molecule has 1 aromatic carbocycles. The number of hydrogen-bond donors (Lipinski definition) is 1. The third-order valence-electron chi connectivity index (χ3n) is 3.78. The molecule has 1 aromatic heterocycles. The van der Waals surface area contributed by atoms with Gasteiger partial charge in [0.2, 0.25) is 5.78 Å². The second kappa shape index (κ2) is 6.78. The van der Waals surface area contributed by atoms with Crippen LogP contribution in [-0.4, -0.2) is 28.6 Å². The molecule has 0 radical (unpaired) electrons. The van der Waals surface area contributed by atoms with Gasteiger partial charge in [0.25, 0.3) is 0 Å². The highest BCUT2D eigenvalue weighted by molar-refractivity contribution is 6.05. The van der Waals surface area contributed by atoms with E-state index in [1.165, 1.54) is 32.0 Å². The molecule has 0 aliphatic heterocycles. The number of hydrogen-bond acceptors (Lipinski definition) is 4. The van der Waals surface area contributed by atoms with Gasteiger partial charge in [-0.1, -0.05) is 12.1 Å². The van der Waals surface area contributed by atoms with E-state index in [2.05, 4.69) is 4.98 Å². The largest absolute Gasteiger partial charge is 0.451 e. The maximum atomic E-state index is 13.6. The number of aryl methyl sites for hydroxylation is 1. The molecule has 5 nitrogen and oxygen atoms in total. The molecule has 0 fully saturated rings. The van der Waals surface area contributed by atoms with Crippen LogP contribution in [0.25, 0.3) is 0 Å². The average molecular weight is 331 g/mol. The summed E-state index contributed by atoms with van der Waals surface area (Å²) in [6.07, 6.45) is -1.12. The second-order valence-corrected chi connectivity index (χ2v) is 5.57. The van der Waals surface area contributed by atoms with Crippen LogP contribution < -0.4 is 0 Å². The lowest BCUT2D eigenvalue weighted by Gasteiger charge is -2.12. The van der Waals surface area contributed by atoms with Gasteiger partial charge in [0, 0.05) is 11.3 Å². The van der Waals surface area contributed by atoms with Gasteiger partial charge < -0.3 is 9.72 Å². The lowest BCUT2D eigenvalue weighted by molar-refractivity contribution is 0.0312. The summed E-state index contributed by atoms with van der Waals surface area (Å²) in [7, 11) is 0. The van der Waals surface area contributed by atoms with Crippen LogP contribution in [0, 0.1) is 19.7 Å². The van der Waals surface area contributed by atoms with E-state index >= 15 is 0 Å². The van der Waals surface area contributed by atoms with Crippen LogP contribution in [0.1, 0.15) is 56.3 Å². The molecule has 0 unspecified atom stereocenters. The average Bonchev–Trinajstić information content (AvgIpc) is 2.81. The molecule has 2 aromatic rings. The van der Waals surface area contributed by atoms with Gasteiger partial charge in [0.1, 0.15) is 5.82 Å². The van der Waals surface area contributed by atoms with Crippen molar-refractivity contribution in [2.45, 2.75) is 33.8 Å². The number of carbonyl (C=O) groups is 3. The predicted octanol–water partition coefficient (Wildman–Crippen LogP) is 3.40. The second-order valence-electron chi connectivity index (χ2n) is 5.57. The smallest absolute Gasteiger partial charge is 0.341 e. The number of halogens is 1. The fourth-order valence-electron chi connectivity index (χ4n) is 2.63. The fraction of sp³-hybridized carbons (Fsp3) is 0.278. The molecule has 0 spiro atoms. The summed E-state index contributed by atoms with van der Waals surface area (Å²) in [5.74, 6) is -2.27. The van der Waals surface area contributed by atoms with Crippen LogP contribution in [0.3, 0.4) is 0 Å². The highest BCUT2D eigenvalue weighted by Crippen LogP contribution is 2.21. The van der Waals surface area contributed by atoms with Crippen molar-refractivity contribution < 1.29 is 23.5 Å². The third kappa shape index (κ3) is 3.27. The van der Waals surface area contributed by atoms with E-state index in [4.69, 9.17) is 4.74 Å². The number of esters is 1. The molecule has 0 bridgehead atoms. The van der Waals surface area contributed by atoms with Crippen LogP contribution in [0.5, 0.6) is 0 Å². The summed E-state index contributed by atoms with van der Waals surface area (Å²) < 4.78 is 18.7. The van der Waals surface area contributed by atoms with Crippen LogP contribution >= 0.6 is 0 Å². The zero-order chi connectivity index (χ0) is 18.0. The van der Waals surface area contributed by atoms with Crippen molar-refractivity contribution in [2.75, 3.05) is 0 Å². The molecule has 0 aliphatic carbocycles. The van der Waals surface area contributed by atoms with Crippen molar-refractivity contribution in [1.29, 1.82) is 0 Å². The fourth-order valence-corrected chi connectivity index (χ4v) is 2.63. The molecule has 126 valence electrons. The number of aromatic nitrogens is 1. The van der Waals surface area contributed by atoms with Gasteiger partial charge in [0.15, 0.2) is 11.9 Å². The molecule has 0 saturated carbocycles. The Morgan fingerprint density at radius 1 is 1.17 bits per heavy atom. The van der Waals surface area contributed by atoms with Gasteiger partial charge in [0.05, 0.1) is 11.3 Å². The molecule has 0 saturated heterocycles. The Hall–Kier alpha value is -2.76. The molecule has 0 aliphatic rings. The maximum Gasteiger partial charge on any atom is 0.341 e. The number of ether oxygens (including phenoxy) is 1. The van der Waals surface area contributed by atoms with Crippen LogP contribution in [0.4, 0.5) is 4.39 Å². The summed E-state index contributed by atoms with van der Waals surface area (Å²) >= 11 is 0. The molecule has 1 N–H and O–H groups in total. The first kappa shape index (κ1) is 17.6. The first-order valence-corrected chi connectivity index (χ1v) is 7.43. The van der Waals surface area contributed by atoms with Crippen molar-refractivity contribution >= 4 is 17.5 Å². The topological polar surface area (TPSA) is 76.2 Å². The predicted molar refractivity (Wildman–Crippen MR) is 85.9 cm³/mol. The Bertz CT molecular complexity index is 822. The Morgan fingerprint density at radius 3 is 2.33 bits per heavy atom. The molecular formula is C18H18FNO4. The van der Waals surface area contributed by atoms with Gasteiger partial charge in [-0.05, 0) is 45.4 Å². The minimum atomic E-state index is -1.12. The Labute approximate surface area is 138 Å². The summed E-state index contributed by atoms with van der Waals surface area (Å²) in [5, 5.41) is 0. The first-order chi connectivity index (χ1) is 11.2. The number of benzene rings is 1. The number of ketones is 2. The Balaban J connectivity index is 2.22. The lowest BCUT2D eigenvalue weighted by Crippen LogP contribution is -2.25. The van der Waals surface area contributed by atoms with E-state index in [1.54, 1.807) is 13.8 Å². The number of rotatable bonds is 5. The lowest BCUT2D eigenvalue weighted by atomic mass is 10.0. The number of nitrogens with one attached hydrogen (secondary N) is 1. The van der Waals surface area contributed by atoms with E-state index in [0.717, 1.165) is 6.07 Å². The van der Waals surface area contributed by atoms with Gasteiger partial charge in [-0.25, -0.2) is 9.18 Å². The minimum Gasteiger partial charge on any atom is -0.451 e. The van der Waals surface area contributed by atoms with E-state index in [-0.39, 0.29) is 17.0 Å². The van der Waals surface area contributed by atoms with Gasteiger partial charge in [-0.3, -0.25) is 9.59 Å². The van der Waals surface area contributed by atoms with Gasteiger partial charge in [-0.2, -0.15) is 0 Å². The van der Waals surface area contributed by atoms with E-state index in [0.29, 0.717) is 16.8 Å². The van der Waals surface area contributed by atoms with Crippen molar-refractivity contribution in [3.05, 3.63) is 58.2 Å². The van der Waals surface area contributed by atoms with Gasteiger partial charge >= 0.3 is 5.97 Å². The summed E-state index contributed by atoms with van der Waals surface area (Å²) in [6.45, 7) is 6.17. The van der Waals surface area contributed by atoms with Crippen molar-refractivity contribution in [2.24, 2.45) is 0 Å². The number of Topliss-reactive ketones (excluding diaryl/α,β-unsaturated/α-hetero) is 2. The molecule has 0 amide bonds. The minimum absolute atomic E-state index is 0.156. The summed E-state index contributed by atoms with van der Waals surface area (Å²) in [5.41, 5.74) is 1.52. The Morgan fingerprint density at radius 2 is 1.79 bits per heavy atom. The summed E-state index contributed by atoms with van der Waals surface area (Å²) in [4.78, 5) is 39.0. The van der Waals surface area contributed by atoms with Crippen molar-refractivity contribution in [3.63, 3.8) is 0 Å². The highest BCUT2D eigenvalue weighted by atomic mass is 19.1. The molecular weight excluding hydrogens is 313 g/mol. The molecule has 1 heterocycles. The standard InChI is InChI=1S/C18H18FNO4/c1-9-15(11(3)21)10(2)20-16(9)17(22)12(4)24-18(23)13-7-5-6-8-14(13)19/h5-8,12,20H,1-4H3/t12-/m1/s1. The monoisotopic (exact) mass is 331 g/mol. The Kier molecular flexibility index (Phi) is 4.97. The van der Waals surface area contributed by atoms with Crippen LogP contribution in [0.15, 0.2) is 24.3 Å². The first-order valence-electron chi connectivity index (χ1n) is 7.43. The molecule has 6 heteroatoms. The number of carbonyl (C=O) groups excluding carboxylic acids is 3. The molecule has 1 atom stereocenters. The van der Waals surface area contributed by atoms with E-state index in [9.17, 15) is 18.8 Å². The van der Waals surface area contributed by atoms with Crippen molar-refractivity contribution in [1.82, 2.24) is 4.98 Å². The van der Waals surface area contributed by atoms with Crippen LogP contribution in [-0.2, 0) is 4.74 Å². The van der Waals surface area contributed by atoms with Crippen molar-refractivity contribution in [3.8, 4) is 0 Å². The molecule has 24 heavy (non-hydrogen) atoms. The SMILES string of the molecule is CC(=O)c1c(C)[nH]c(C(=O)[C@@H](C)OC(=O)c2ccccc2F)c1C. The summed E-state index contributed by atoms with van der Waals surface area (Å²) in [6, 6.07) is 5.38. The van der Waals surface area contributed by atoms with Crippen LogP contribution in [0.2, 0.25) is 0 Å².